The van der Waals surface area contributed by atoms with Gasteiger partial charge in [0, 0.05) is 15.5 Å². The van der Waals surface area contributed by atoms with Crippen LogP contribution in [0.2, 0.25) is 0 Å². The molecule has 0 unspecified atom stereocenters. The molecule has 4 N–H and O–H groups in total. The molecular formula is C14H19BrN4. The van der Waals surface area contributed by atoms with Crippen LogP contribution in [0.15, 0.2) is 22.7 Å². The van der Waals surface area contributed by atoms with Crippen LogP contribution in [-0.4, -0.2) is 9.66 Å². The summed E-state index contributed by atoms with van der Waals surface area (Å²) in [4.78, 5) is 4.62. The number of halogens is 1. The molecule has 4 nitrogen and oxygen atoms in total. The van der Waals surface area contributed by atoms with Crippen LogP contribution in [0.3, 0.4) is 0 Å². The van der Waals surface area contributed by atoms with E-state index < -0.39 is 0 Å². The maximum Gasteiger partial charge on any atom is 0.150 e. The molecule has 0 aliphatic carbocycles. The molecule has 0 bridgehead atoms. The summed E-state index contributed by atoms with van der Waals surface area (Å²) >= 11 is 3.49. The second-order valence-electron chi connectivity index (χ2n) is 5.75. The lowest BCUT2D eigenvalue weighted by atomic mass is 9.96. The number of anilines is 1. The van der Waals surface area contributed by atoms with Crippen molar-refractivity contribution in [3.63, 3.8) is 0 Å². The molecule has 0 aliphatic rings. The van der Waals surface area contributed by atoms with Crippen molar-refractivity contribution in [2.75, 3.05) is 11.6 Å². The smallest absolute Gasteiger partial charge is 0.150 e. The maximum atomic E-state index is 6.08. The summed E-state index contributed by atoms with van der Waals surface area (Å²) in [6, 6.07) is 6.04. The molecule has 2 aromatic rings. The van der Waals surface area contributed by atoms with Gasteiger partial charge in [0.2, 0.25) is 0 Å². The van der Waals surface area contributed by atoms with Gasteiger partial charge in [0.15, 0.2) is 5.82 Å². The lowest BCUT2D eigenvalue weighted by Crippen LogP contribution is -2.24. The fourth-order valence-electron chi connectivity index (χ4n) is 1.98. The number of aryl methyl sites for hydroxylation is 1. The molecule has 1 aromatic heterocycles. The molecule has 0 saturated carbocycles. The fourth-order valence-corrected chi connectivity index (χ4v) is 2.23. The molecule has 1 aromatic carbocycles. The van der Waals surface area contributed by atoms with Crippen molar-refractivity contribution in [2.24, 2.45) is 0 Å². The number of imidazole rings is 1. The Morgan fingerprint density at radius 2 is 1.89 bits per heavy atom. The molecule has 0 spiro atoms. The second-order valence-corrected chi connectivity index (χ2v) is 6.61. The highest BCUT2D eigenvalue weighted by molar-refractivity contribution is 9.10. The van der Waals surface area contributed by atoms with E-state index in [9.17, 15) is 0 Å². The molecular weight excluding hydrogens is 304 g/mol. The average Bonchev–Trinajstić information content (AvgIpc) is 2.60. The summed E-state index contributed by atoms with van der Waals surface area (Å²) in [6.45, 7) is 8.23. The zero-order chi connectivity index (χ0) is 14.4. The summed E-state index contributed by atoms with van der Waals surface area (Å²) in [5.41, 5.74) is 8.79. The van der Waals surface area contributed by atoms with E-state index in [0.29, 0.717) is 5.82 Å². The average molecular weight is 323 g/mol. The number of hydrogen-bond donors (Lipinski definition) is 2. The van der Waals surface area contributed by atoms with E-state index in [1.165, 1.54) is 4.68 Å². The van der Waals surface area contributed by atoms with Crippen molar-refractivity contribution in [3.05, 3.63) is 34.1 Å². The van der Waals surface area contributed by atoms with Crippen LogP contribution in [-0.2, 0) is 5.41 Å². The molecule has 0 fully saturated rings. The Balaban J connectivity index is 2.60. The van der Waals surface area contributed by atoms with Crippen LogP contribution in [0, 0.1) is 6.92 Å². The Morgan fingerprint density at radius 1 is 1.26 bits per heavy atom. The first-order valence-corrected chi connectivity index (χ1v) is 6.91. The largest absolute Gasteiger partial charge is 0.382 e. The van der Waals surface area contributed by atoms with E-state index in [0.717, 1.165) is 27.1 Å². The molecule has 2 rings (SSSR count). The highest BCUT2D eigenvalue weighted by Gasteiger charge is 2.24. The molecule has 1 heterocycles. The van der Waals surface area contributed by atoms with Crippen LogP contribution in [0.4, 0.5) is 5.82 Å². The van der Waals surface area contributed by atoms with Gasteiger partial charge in [0.1, 0.15) is 11.5 Å². The standard InChI is InChI=1S/C14H19BrN4/c1-8-7-9(5-6-10(8)15)11-12(16)19(17)13(18-11)14(2,3)4/h5-7H,16-17H2,1-4H3. The van der Waals surface area contributed by atoms with Crippen molar-refractivity contribution < 1.29 is 0 Å². The van der Waals surface area contributed by atoms with Crippen molar-refractivity contribution in [1.29, 1.82) is 0 Å². The van der Waals surface area contributed by atoms with Gasteiger partial charge in [0.05, 0.1) is 0 Å². The highest BCUT2D eigenvalue weighted by Crippen LogP contribution is 2.31. The first kappa shape index (κ1) is 13.9. The van der Waals surface area contributed by atoms with Gasteiger partial charge in [0.25, 0.3) is 0 Å². The fraction of sp³-hybridized carbons (Fsp3) is 0.357. The number of aromatic nitrogens is 2. The van der Waals surface area contributed by atoms with E-state index in [1.807, 2.05) is 19.1 Å². The Kier molecular flexibility index (Phi) is 3.34. The van der Waals surface area contributed by atoms with Gasteiger partial charge >= 0.3 is 0 Å². The van der Waals surface area contributed by atoms with Crippen molar-refractivity contribution in [2.45, 2.75) is 33.1 Å². The van der Waals surface area contributed by atoms with Crippen LogP contribution in [0.25, 0.3) is 11.3 Å². The Hall–Kier alpha value is -1.49. The van der Waals surface area contributed by atoms with Crippen molar-refractivity contribution in [1.82, 2.24) is 9.66 Å². The maximum absolute atomic E-state index is 6.08. The minimum Gasteiger partial charge on any atom is -0.382 e. The third kappa shape index (κ3) is 2.47. The topological polar surface area (TPSA) is 69.9 Å². The zero-order valence-corrected chi connectivity index (χ0v) is 13.2. The summed E-state index contributed by atoms with van der Waals surface area (Å²) in [6.07, 6.45) is 0. The predicted molar refractivity (Wildman–Crippen MR) is 83.4 cm³/mol. The lowest BCUT2D eigenvalue weighted by molar-refractivity contribution is 0.532. The van der Waals surface area contributed by atoms with E-state index in [4.69, 9.17) is 11.6 Å². The van der Waals surface area contributed by atoms with E-state index in [2.05, 4.69) is 47.8 Å². The van der Waals surface area contributed by atoms with E-state index in [1.54, 1.807) is 0 Å². The summed E-state index contributed by atoms with van der Waals surface area (Å²) in [5.74, 6) is 7.29. The van der Waals surface area contributed by atoms with Crippen molar-refractivity contribution >= 4 is 21.7 Å². The summed E-state index contributed by atoms with van der Waals surface area (Å²) in [7, 11) is 0. The molecule has 19 heavy (non-hydrogen) atoms. The van der Waals surface area contributed by atoms with Crippen LogP contribution >= 0.6 is 15.9 Å². The van der Waals surface area contributed by atoms with Gasteiger partial charge in [-0.2, -0.15) is 0 Å². The summed E-state index contributed by atoms with van der Waals surface area (Å²) in [5, 5.41) is 0. The summed E-state index contributed by atoms with van der Waals surface area (Å²) < 4.78 is 2.55. The Morgan fingerprint density at radius 3 is 2.37 bits per heavy atom. The third-order valence-electron chi connectivity index (χ3n) is 3.05. The van der Waals surface area contributed by atoms with E-state index >= 15 is 0 Å². The van der Waals surface area contributed by atoms with Gasteiger partial charge in [-0.3, -0.25) is 0 Å². The van der Waals surface area contributed by atoms with Crippen LogP contribution in [0.1, 0.15) is 32.2 Å². The first-order chi connectivity index (χ1) is 8.71. The Labute approximate surface area is 121 Å². The number of nitrogens with zero attached hydrogens (tertiary/aromatic N) is 2. The Bertz CT molecular complexity index is 623. The predicted octanol–water partition coefficient (Wildman–Crippen LogP) is 3.21. The molecule has 0 aliphatic heterocycles. The third-order valence-corrected chi connectivity index (χ3v) is 3.94. The molecule has 0 radical (unpaired) electrons. The van der Waals surface area contributed by atoms with Crippen LogP contribution < -0.4 is 11.6 Å². The first-order valence-electron chi connectivity index (χ1n) is 6.12. The monoisotopic (exact) mass is 322 g/mol. The second kappa shape index (κ2) is 4.56. The normalized spacial score (nSPS) is 11.8. The van der Waals surface area contributed by atoms with Gasteiger partial charge in [-0.1, -0.05) is 42.8 Å². The zero-order valence-electron chi connectivity index (χ0n) is 11.7. The molecule has 5 heteroatoms. The molecule has 102 valence electrons. The van der Waals surface area contributed by atoms with Gasteiger partial charge < -0.3 is 11.6 Å². The van der Waals surface area contributed by atoms with Crippen LogP contribution in [0.5, 0.6) is 0 Å². The number of benzene rings is 1. The van der Waals surface area contributed by atoms with Gasteiger partial charge in [-0.15, -0.1) is 0 Å². The van der Waals surface area contributed by atoms with Gasteiger partial charge in [-0.25, -0.2) is 9.66 Å². The quantitative estimate of drug-likeness (QED) is 0.792. The van der Waals surface area contributed by atoms with Gasteiger partial charge in [-0.05, 0) is 24.6 Å². The number of rotatable bonds is 1. The minimum atomic E-state index is -0.147. The SMILES string of the molecule is Cc1cc(-c2nc(C(C)(C)C)n(N)c2N)ccc1Br. The molecule has 0 amide bonds. The molecule has 0 saturated heterocycles. The number of nitrogens with two attached hydrogens (primary N) is 2. The molecule has 0 atom stereocenters. The minimum absolute atomic E-state index is 0.147. The number of nitrogen functional groups attached to an aromatic ring is 2. The van der Waals surface area contributed by atoms with Crippen molar-refractivity contribution in [3.8, 4) is 11.3 Å². The number of hydrogen-bond acceptors (Lipinski definition) is 3. The van der Waals surface area contributed by atoms with E-state index in [-0.39, 0.29) is 5.41 Å². The highest BCUT2D eigenvalue weighted by atomic mass is 79.9. The lowest BCUT2D eigenvalue weighted by Gasteiger charge is -2.17.